The summed E-state index contributed by atoms with van der Waals surface area (Å²) in [5.74, 6) is 0. The van der Waals surface area contributed by atoms with Crippen LogP contribution in [0.4, 0.5) is 21.0 Å². The first kappa shape index (κ1) is 19.3. The fraction of sp³-hybridized carbons (Fsp3) is 0.263. The molecule has 6 nitrogen and oxygen atoms in total. The topological polar surface area (TPSA) is 64.7 Å². The molecule has 0 saturated carbocycles. The van der Waals surface area contributed by atoms with Crippen molar-refractivity contribution in [3.63, 3.8) is 0 Å². The van der Waals surface area contributed by atoms with Crippen molar-refractivity contribution in [3.05, 3.63) is 58.6 Å². The van der Waals surface area contributed by atoms with Crippen LogP contribution in [-0.2, 0) is 0 Å². The second-order valence-corrected chi connectivity index (χ2v) is 7.07. The van der Waals surface area contributed by atoms with E-state index in [4.69, 9.17) is 23.2 Å². The lowest BCUT2D eigenvalue weighted by molar-refractivity contribution is 0.205. The molecule has 27 heavy (non-hydrogen) atoms. The SMILES string of the molecule is O=C(Nc1ccc(Cl)cc1)N1CCCN(C(=O)Nc2ccc(Cl)cc2)CC1. The number of nitrogens with one attached hydrogen (secondary N) is 2. The van der Waals surface area contributed by atoms with Crippen LogP contribution < -0.4 is 10.6 Å². The van der Waals surface area contributed by atoms with Crippen LogP contribution in [0, 0.1) is 0 Å². The molecular formula is C19H20Cl2N4O2. The van der Waals surface area contributed by atoms with E-state index in [-0.39, 0.29) is 12.1 Å². The Labute approximate surface area is 168 Å². The number of benzene rings is 2. The van der Waals surface area contributed by atoms with Gasteiger partial charge in [-0.3, -0.25) is 0 Å². The second-order valence-electron chi connectivity index (χ2n) is 6.20. The highest BCUT2D eigenvalue weighted by Crippen LogP contribution is 2.16. The fourth-order valence-electron chi connectivity index (χ4n) is 2.80. The molecule has 3 rings (SSSR count). The maximum atomic E-state index is 12.5. The minimum atomic E-state index is -0.183. The molecule has 0 aromatic heterocycles. The molecule has 2 aromatic carbocycles. The minimum Gasteiger partial charge on any atom is -0.323 e. The van der Waals surface area contributed by atoms with Gasteiger partial charge in [-0.15, -0.1) is 0 Å². The van der Waals surface area contributed by atoms with E-state index in [1.54, 1.807) is 58.3 Å². The summed E-state index contributed by atoms with van der Waals surface area (Å²) in [5.41, 5.74) is 1.37. The Bertz CT molecular complexity index is 729. The van der Waals surface area contributed by atoms with E-state index in [1.165, 1.54) is 0 Å². The van der Waals surface area contributed by atoms with E-state index in [0.717, 1.165) is 0 Å². The number of anilines is 2. The van der Waals surface area contributed by atoms with E-state index in [9.17, 15) is 9.59 Å². The molecule has 1 aliphatic rings. The number of halogens is 2. The molecule has 4 amide bonds. The van der Waals surface area contributed by atoms with Crippen molar-refractivity contribution in [2.45, 2.75) is 6.42 Å². The quantitative estimate of drug-likeness (QED) is 0.754. The summed E-state index contributed by atoms with van der Waals surface area (Å²) in [6, 6.07) is 13.5. The summed E-state index contributed by atoms with van der Waals surface area (Å²) >= 11 is 11.7. The number of carbonyl (C=O) groups excluding carboxylic acids is 2. The van der Waals surface area contributed by atoms with Gasteiger partial charge in [0.05, 0.1) is 0 Å². The van der Waals surface area contributed by atoms with Crippen LogP contribution in [0.5, 0.6) is 0 Å². The van der Waals surface area contributed by atoms with Gasteiger partial charge in [-0.05, 0) is 55.0 Å². The highest BCUT2D eigenvalue weighted by Gasteiger charge is 2.22. The molecule has 0 unspecified atom stereocenters. The highest BCUT2D eigenvalue weighted by atomic mass is 35.5. The van der Waals surface area contributed by atoms with Crippen molar-refractivity contribution in [2.75, 3.05) is 36.8 Å². The summed E-state index contributed by atoms with van der Waals surface area (Å²) in [6.45, 7) is 2.11. The molecular weight excluding hydrogens is 387 g/mol. The van der Waals surface area contributed by atoms with Crippen LogP contribution in [-0.4, -0.2) is 48.0 Å². The fourth-order valence-corrected chi connectivity index (χ4v) is 3.05. The van der Waals surface area contributed by atoms with Gasteiger partial charge in [0.15, 0.2) is 0 Å². The zero-order valence-electron chi connectivity index (χ0n) is 14.6. The molecule has 1 fully saturated rings. The summed E-state index contributed by atoms with van der Waals surface area (Å²) < 4.78 is 0. The van der Waals surface area contributed by atoms with E-state index >= 15 is 0 Å². The summed E-state index contributed by atoms with van der Waals surface area (Å²) in [7, 11) is 0. The van der Waals surface area contributed by atoms with Crippen molar-refractivity contribution in [3.8, 4) is 0 Å². The highest BCUT2D eigenvalue weighted by molar-refractivity contribution is 6.30. The van der Waals surface area contributed by atoms with Crippen LogP contribution in [0.2, 0.25) is 10.0 Å². The predicted octanol–water partition coefficient (Wildman–Crippen LogP) is 4.77. The summed E-state index contributed by atoms with van der Waals surface area (Å²) in [4.78, 5) is 28.3. The third-order valence-electron chi connectivity index (χ3n) is 4.26. The van der Waals surface area contributed by atoms with Gasteiger partial charge in [-0.25, -0.2) is 9.59 Å². The zero-order valence-corrected chi connectivity index (χ0v) is 16.1. The monoisotopic (exact) mass is 406 g/mol. The molecule has 0 spiro atoms. The lowest BCUT2D eigenvalue weighted by Crippen LogP contribution is -2.40. The Morgan fingerprint density at radius 3 is 1.41 bits per heavy atom. The molecule has 0 radical (unpaired) electrons. The normalized spacial score (nSPS) is 14.4. The third-order valence-corrected chi connectivity index (χ3v) is 4.77. The maximum absolute atomic E-state index is 12.5. The Kier molecular flexibility index (Phi) is 6.42. The van der Waals surface area contributed by atoms with Crippen molar-refractivity contribution >= 4 is 46.6 Å². The Morgan fingerprint density at radius 1 is 0.667 bits per heavy atom. The average molecular weight is 407 g/mol. The standard InChI is InChI=1S/C19H20Cl2N4O2/c20-14-2-6-16(7-3-14)22-18(26)24-10-1-11-25(13-12-24)19(27)23-17-8-4-15(21)5-9-17/h2-9H,1,10-13H2,(H,22,26)(H,23,27). The largest absolute Gasteiger partial charge is 0.323 e. The van der Waals surface area contributed by atoms with Gasteiger partial charge in [0.2, 0.25) is 0 Å². The number of nitrogens with zero attached hydrogens (tertiary/aromatic N) is 2. The van der Waals surface area contributed by atoms with Gasteiger partial charge in [-0.1, -0.05) is 23.2 Å². The minimum absolute atomic E-state index is 0.183. The second kappa shape index (κ2) is 8.97. The Morgan fingerprint density at radius 2 is 1.04 bits per heavy atom. The maximum Gasteiger partial charge on any atom is 0.321 e. The van der Waals surface area contributed by atoms with Crippen LogP contribution >= 0.6 is 23.2 Å². The van der Waals surface area contributed by atoms with Crippen LogP contribution in [0.3, 0.4) is 0 Å². The van der Waals surface area contributed by atoms with Crippen molar-refractivity contribution in [2.24, 2.45) is 0 Å². The molecule has 142 valence electrons. The predicted molar refractivity (Wildman–Crippen MR) is 109 cm³/mol. The lowest BCUT2D eigenvalue weighted by atomic mass is 10.3. The van der Waals surface area contributed by atoms with E-state index in [0.29, 0.717) is 54.0 Å². The average Bonchev–Trinajstić information content (AvgIpc) is 2.92. The van der Waals surface area contributed by atoms with Gasteiger partial charge in [0.25, 0.3) is 0 Å². The number of amides is 4. The lowest BCUT2D eigenvalue weighted by Gasteiger charge is -2.22. The third kappa shape index (κ3) is 5.52. The Balaban J connectivity index is 1.53. The van der Waals surface area contributed by atoms with Gasteiger partial charge >= 0.3 is 12.1 Å². The molecule has 1 aliphatic heterocycles. The first-order chi connectivity index (χ1) is 13.0. The van der Waals surface area contributed by atoms with Crippen molar-refractivity contribution in [1.82, 2.24) is 9.80 Å². The van der Waals surface area contributed by atoms with E-state index < -0.39 is 0 Å². The van der Waals surface area contributed by atoms with Gasteiger partial charge in [0.1, 0.15) is 0 Å². The molecule has 0 aliphatic carbocycles. The zero-order chi connectivity index (χ0) is 19.2. The first-order valence-electron chi connectivity index (χ1n) is 8.64. The Hall–Kier alpha value is -2.44. The van der Waals surface area contributed by atoms with Crippen LogP contribution in [0.15, 0.2) is 48.5 Å². The molecule has 0 bridgehead atoms. The van der Waals surface area contributed by atoms with Crippen molar-refractivity contribution < 1.29 is 9.59 Å². The number of rotatable bonds is 2. The van der Waals surface area contributed by atoms with E-state index in [1.807, 2.05) is 0 Å². The summed E-state index contributed by atoms with van der Waals surface area (Å²) in [5, 5.41) is 6.94. The van der Waals surface area contributed by atoms with Gasteiger partial charge < -0.3 is 20.4 Å². The van der Waals surface area contributed by atoms with Crippen molar-refractivity contribution in [1.29, 1.82) is 0 Å². The van der Waals surface area contributed by atoms with E-state index in [2.05, 4.69) is 10.6 Å². The number of hydrogen-bond acceptors (Lipinski definition) is 2. The molecule has 0 atom stereocenters. The smallest absolute Gasteiger partial charge is 0.321 e. The van der Waals surface area contributed by atoms with Gasteiger partial charge in [0, 0.05) is 47.6 Å². The molecule has 1 heterocycles. The first-order valence-corrected chi connectivity index (χ1v) is 9.40. The number of urea groups is 2. The number of carbonyl (C=O) groups is 2. The molecule has 2 aromatic rings. The molecule has 2 N–H and O–H groups in total. The van der Waals surface area contributed by atoms with Crippen LogP contribution in [0.25, 0.3) is 0 Å². The molecule has 1 saturated heterocycles. The van der Waals surface area contributed by atoms with Gasteiger partial charge in [-0.2, -0.15) is 0 Å². The van der Waals surface area contributed by atoms with Crippen LogP contribution in [0.1, 0.15) is 6.42 Å². The number of hydrogen-bond donors (Lipinski definition) is 2. The summed E-state index contributed by atoms with van der Waals surface area (Å²) in [6.07, 6.45) is 0.710. The molecule has 8 heteroatoms.